The monoisotopic (exact) mass is 550 g/mol. The van der Waals surface area contributed by atoms with Gasteiger partial charge in [0, 0.05) is 24.1 Å². The normalized spacial score (nSPS) is 19.0. The molecule has 0 N–H and O–H groups in total. The van der Waals surface area contributed by atoms with Gasteiger partial charge in [0.05, 0.1) is 22.4 Å². The fourth-order valence-corrected chi connectivity index (χ4v) is 7.42. The summed E-state index contributed by atoms with van der Waals surface area (Å²) in [5, 5.41) is 9.45. The van der Waals surface area contributed by atoms with Crippen LogP contribution >= 0.6 is 23.1 Å². The molecule has 8 heteroatoms. The van der Waals surface area contributed by atoms with Gasteiger partial charge in [0.1, 0.15) is 12.4 Å². The first-order chi connectivity index (χ1) is 18.0. The van der Waals surface area contributed by atoms with Crippen LogP contribution in [-0.2, 0) is 15.0 Å². The number of aromatic nitrogens is 2. The zero-order chi connectivity index (χ0) is 27.2. The van der Waals surface area contributed by atoms with Gasteiger partial charge >= 0.3 is 0 Å². The number of rotatable bonds is 4. The largest absolute Gasteiger partial charge is 0.341 e. The molecule has 0 saturated carbocycles. The molecule has 0 unspecified atom stereocenters. The van der Waals surface area contributed by atoms with Crippen LogP contribution in [0.25, 0.3) is 5.69 Å². The van der Waals surface area contributed by atoms with Crippen molar-refractivity contribution >= 4 is 40.7 Å². The lowest BCUT2D eigenvalue weighted by Crippen LogP contribution is -2.46. The Balaban J connectivity index is 1.70. The van der Waals surface area contributed by atoms with Gasteiger partial charge in [-0.3, -0.25) is 14.5 Å². The molecule has 2 aliphatic rings. The fourth-order valence-electron chi connectivity index (χ4n) is 5.46. The Morgan fingerprint density at radius 3 is 2.50 bits per heavy atom. The highest BCUT2D eigenvalue weighted by Gasteiger charge is 2.40. The number of anilines is 1. The number of piperidine rings is 1. The maximum atomic E-state index is 13.8. The number of carbonyl (C=O) groups is 2. The molecular formula is C30H38N4O2S2. The molecule has 0 bridgehead atoms. The molecular weight excluding hydrogens is 512 g/mol. The number of amides is 2. The van der Waals surface area contributed by atoms with E-state index < -0.39 is 0 Å². The van der Waals surface area contributed by atoms with E-state index in [0.29, 0.717) is 11.7 Å². The molecule has 1 atom stereocenters. The van der Waals surface area contributed by atoms with Crippen LogP contribution in [0.4, 0.5) is 5.82 Å². The Kier molecular flexibility index (Phi) is 7.48. The van der Waals surface area contributed by atoms with E-state index in [2.05, 4.69) is 76.6 Å². The van der Waals surface area contributed by atoms with E-state index >= 15 is 0 Å². The molecule has 5 rings (SSSR count). The molecule has 1 fully saturated rings. The number of carbonyl (C=O) groups excluding carboxylic acids is 2. The van der Waals surface area contributed by atoms with Gasteiger partial charge in [-0.15, -0.1) is 11.8 Å². The third-order valence-corrected chi connectivity index (χ3v) is 9.61. The number of nitrogens with zero attached hydrogens (tertiary/aromatic N) is 4. The lowest BCUT2D eigenvalue weighted by molar-refractivity contribution is -0.132. The first kappa shape index (κ1) is 27.0. The number of hydrogen-bond acceptors (Lipinski definition) is 5. The Morgan fingerprint density at radius 1 is 1.13 bits per heavy atom. The summed E-state index contributed by atoms with van der Waals surface area (Å²) in [6.45, 7) is 14.5. The molecule has 2 aliphatic heterocycles. The maximum Gasteiger partial charge on any atom is 0.242 e. The molecule has 2 aromatic heterocycles. The number of likely N-dealkylation sites (tertiary alicyclic amines) is 1. The number of thioether (sulfide) groups is 1. The SMILES string of the molecule is Cc1ccc(-n2nc(C(C)(C)C)c3c2N(CC(=O)N2CCC(C)CC2)C(=O)CS[C@@H]3c2ccsc2)c(C)c1. The minimum atomic E-state index is -0.255. The summed E-state index contributed by atoms with van der Waals surface area (Å²) < 4.78 is 1.94. The number of thiophene rings is 1. The van der Waals surface area contributed by atoms with Crippen molar-refractivity contribution in [2.24, 2.45) is 5.92 Å². The van der Waals surface area contributed by atoms with E-state index in [-0.39, 0.29) is 29.0 Å². The van der Waals surface area contributed by atoms with Gasteiger partial charge < -0.3 is 4.90 Å². The second-order valence-electron chi connectivity index (χ2n) is 11.8. The van der Waals surface area contributed by atoms with Crippen LogP contribution in [0.15, 0.2) is 35.0 Å². The topological polar surface area (TPSA) is 58.4 Å². The second kappa shape index (κ2) is 10.5. The fraction of sp³-hybridized carbons (Fsp3) is 0.500. The first-order valence-electron chi connectivity index (χ1n) is 13.5. The average Bonchev–Trinajstić information content (AvgIpc) is 3.49. The lowest BCUT2D eigenvalue weighted by atomic mass is 9.87. The molecule has 3 aromatic rings. The van der Waals surface area contributed by atoms with Crippen molar-refractivity contribution in [2.45, 2.75) is 65.0 Å². The van der Waals surface area contributed by atoms with Gasteiger partial charge in [-0.2, -0.15) is 16.4 Å². The Hall–Kier alpha value is -2.58. The van der Waals surface area contributed by atoms with Gasteiger partial charge in [0.15, 0.2) is 0 Å². The quantitative estimate of drug-likeness (QED) is 0.384. The molecule has 0 radical (unpaired) electrons. The van der Waals surface area contributed by atoms with Crippen LogP contribution in [0.5, 0.6) is 0 Å². The summed E-state index contributed by atoms with van der Waals surface area (Å²) in [7, 11) is 0. The van der Waals surface area contributed by atoms with E-state index in [0.717, 1.165) is 54.3 Å². The molecule has 202 valence electrons. The zero-order valence-electron chi connectivity index (χ0n) is 23.3. The van der Waals surface area contributed by atoms with Crippen molar-refractivity contribution in [2.75, 3.05) is 30.3 Å². The van der Waals surface area contributed by atoms with Crippen LogP contribution in [-0.4, -0.2) is 51.9 Å². The molecule has 0 spiro atoms. The van der Waals surface area contributed by atoms with E-state index in [9.17, 15) is 9.59 Å². The molecule has 4 heterocycles. The van der Waals surface area contributed by atoms with Gasteiger partial charge in [-0.25, -0.2) is 4.68 Å². The third kappa shape index (κ3) is 5.17. The van der Waals surface area contributed by atoms with Gasteiger partial charge in [-0.1, -0.05) is 45.4 Å². The van der Waals surface area contributed by atoms with Crippen LogP contribution in [0.3, 0.4) is 0 Å². The summed E-state index contributed by atoms with van der Waals surface area (Å²) in [4.78, 5) is 31.1. The summed E-state index contributed by atoms with van der Waals surface area (Å²) >= 11 is 3.31. The van der Waals surface area contributed by atoms with Crippen molar-refractivity contribution < 1.29 is 9.59 Å². The van der Waals surface area contributed by atoms with Crippen molar-refractivity contribution in [3.8, 4) is 5.69 Å². The molecule has 1 saturated heterocycles. The molecule has 2 amide bonds. The van der Waals surface area contributed by atoms with E-state index in [1.807, 2.05) is 9.58 Å². The zero-order valence-corrected chi connectivity index (χ0v) is 24.9. The predicted molar refractivity (Wildman–Crippen MR) is 158 cm³/mol. The molecule has 1 aromatic carbocycles. The third-order valence-electron chi connectivity index (χ3n) is 7.66. The average molecular weight is 551 g/mol. The van der Waals surface area contributed by atoms with E-state index in [1.54, 1.807) is 28.0 Å². The minimum absolute atomic E-state index is 0.0147. The highest BCUT2D eigenvalue weighted by molar-refractivity contribution is 8.00. The van der Waals surface area contributed by atoms with Crippen molar-refractivity contribution in [3.63, 3.8) is 0 Å². The number of aryl methyl sites for hydroxylation is 2. The van der Waals surface area contributed by atoms with Crippen molar-refractivity contribution in [3.05, 3.63) is 63.0 Å². The first-order valence-corrected chi connectivity index (χ1v) is 15.5. The lowest BCUT2D eigenvalue weighted by Gasteiger charge is -2.32. The van der Waals surface area contributed by atoms with Crippen LogP contribution in [0.1, 0.15) is 73.7 Å². The van der Waals surface area contributed by atoms with Crippen LogP contribution in [0.2, 0.25) is 0 Å². The van der Waals surface area contributed by atoms with Gasteiger partial charge in [0.2, 0.25) is 11.8 Å². The summed E-state index contributed by atoms with van der Waals surface area (Å²) in [5.41, 5.74) is 6.14. The molecule has 38 heavy (non-hydrogen) atoms. The van der Waals surface area contributed by atoms with Crippen LogP contribution in [0, 0.1) is 19.8 Å². The van der Waals surface area contributed by atoms with Gasteiger partial charge in [-0.05, 0) is 66.6 Å². The number of benzene rings is 1. The minimum Gasteiger partial charge on any atom is -0.341 e. The molecule has 0 aliphatic carbocycles. The smallest absolute Gasteiger partial charge is 0.242 e. The highest BCUT2D eigenvalue weighted by Crippen LogP contribution is 2.49. The number of fused-ring (bicyclic) bond motifs is 1. The maximum absolute atomic E-state index is 13.8. The molecule has 6 nitrogen and oxygen atoms in total. The van der Waals surface area contributed by atoms with Crippen LogP contribution < -0.4 is 4.90 Å². The van der Waals surface area contributed by atoms with Crippen molar-refractivity contribution in [1.29, 1.82) is 0 Å². The Morgan fingerprint density at radius 2 is 1.87 bits per heavy atom. The Bertz CT molecular complexity index is 1330. The highest BCUT2D eigenvalue weighted by atomic mass is 32.2. The van der Waals surface area contributed by atoms with Gasteiger partial charge in [0.25, 0.3) is 0 Å². The van der Waals surface area contributed by atoms with E-state index in [1.165, 1.54) is 11.1 Å². The second-order valence-corrected chi connectivity index (χ2v) is 13.7. The summed E-state index contributed by atoms with van der Waals surface area (Å²) in [6.07, 6.45) is 2.02. The number of hydrogen-bond donors (Lipinski definition) is 0. The standard InChI is InChI=1S/C30H38N4O2S2/c1-19-9-12-32(13-10-19)24(35)16-33-25(36)18-38-27(22-11-14-37-17-22)26-28(30(4,5)6)31-34(29(26)33)23-8-7-20(2)15-21(23)3/h7-8,11,14-15,17,19,27H,9-10,12-13,16,18H2,1-6H3/t27-/m1/s1. The summed E-state index contributed by atoms with van der Waals surface area (Å²) in [6, 6.07) is 8.46. The summed E-state index contributed by atoms with van der Waals surface area (Å²) in [5.74, 6) is 1.66. The predicted octanol–water partition coefficient (Wildman–Crippen LogP) is 6.28. The Labute approximate surface area is 234 Å². The van der Waals surface area contributed by atoms with Crippen molar-refractivity contribution in [1.82, 2.24) is 14.7 Å². The van der Waals surface area contributed by atoms with E-state index in [4.69, 9.17) is 5.10 Å².